The van der Waals surface area contributed by atoms with Gasteiger partial charge in [-0.1, -0.05) is 116 Å². The van der Waals surface area contributed by atoms with E-state index in [4.69, 9.17) is 4.74 Å². The summed E-state index contributed by atoms with van der Waals surface area (Å²) >= 11 is 0. The van der Waals surface area contributed by atoms with Gasteiger partial charge < -0.3 is 9.64 Å². The predicted molar refractivity (Wildman–Crippen MR) is 201 cm³/mol. The summed E-state index contributed by atoms with van der Waals surface area (Å²) in [7, 11) is 2.09. The Morgan fingerprint density at radius 2 is 1.34 bits per heavy atom. The van der Waals surface area contributed by atoms with Gasteiger partial charge in [-0.25, -0.2) is 0 Å². The van der Waals surface area contributed by atoms with Crippen molar-refractivity contribution in [1.29, 1.82) is 0 Å². The highest BCUT2D eigenvalue weighted by Gasteiger charge is 2.19. The van der Waals surface area contributed by atoms with Crippen molar-refractivity contribution in [3.63, 3.8) is 0 Å². The van der Waals surface area contributed by atoms with Crippen molar-refractivity contribution in [2.75, 3.05) is 11.9 Å². The van der Waals surface area contributed by atoms with E-state index in [0.29, 0.717) is 6.61 Å². The van der Waals surface area contributed by atoms with Gasteiger partial charge in [0.15, 0.2) is 0 Å². The number of nitrogens with zero attached hydrogens (tertiary/aromatic N) is 1. The molecule has 2 nitrogen and oxygen atoms in total. The van der Waals surface area contributed by atoms with Crippen LogP contribution >= 0.6 is 0 Å². The van der Waals surface area contributed by atoms with E-state index in [0.717, 1.165) is 33.8 Å². The predicted octanol–water partition coefficient (Wildman–Crippen LogP) is 11.8. The Morgan fingerprint density at radius 1 is 0.660 bits per heavy atom. The number of hydrogen-bond acceptors (Lipinski definition) is 2. The van der Waals surface area contributed by atoms with Crippen molar-refractivity contribution < 1.29 is 4.74 Å². The highest BCUT2D eigenvalue weighted by atomic mass is 16.5. The molecule has 6 aromatic carbocycles. The number of rotatable bonds is 7. The van der Waals surface area contributed by atoms with Crippen LogP contribution in [0.3, 0.4) is 0 Å². The van der Waals surface area contributed by atoms with E-state index in [1.807, 2.05) is 0 Å². The average molecular weight is 610 g/mol. The summed E-state index contributed by atoms with van der Waals surface area (Å²) in [5.41, 5.74) is 15.3. The molecule has 0 N–H and O–H groups in total. The lowest BCUT2D eigenvalue weighted by molar-refractivity contribution is 0.302. The van der Waals surface area contributed by atoms with Crippen LogP contribution in [0.1, 0.15) is 34.7 Å². The average Bonchev–Trinajstić information content (AvgIpc) is 3.11. The number of fused-ring (bicyclic) bond motifs is 4. The minimum atomic E-state index is 0.593. The van der Waals surface area contributed by atoms with E-state index in [1.54, 1.807) is 0 Å². The molecule has 0 amide bonds. The lowest BCUT2D eigenvalue weighted by Gasteiger charge is -2.23. The van der Waals surface area contributed by atoms with Gasteiger partial charge in [-0.2, -0.15) is 0 Å². The Balaban J connectivity index is 1.35. The zero-order valence-corrected chi connectivity index (χ0v) is 27.5. The van der Waals surface area contributed by atoms with E-state index >= 15 is 0 Å². The molecule has 0 saturated carbocycles. The van der Waals surface area contributed by atoms with Crippen molar-refractivity contribution >= 4 is 27.6 Å². The van der Waals surface area contributed by atoms with E-state index in [1.165, 1.54) is 55.3 Å². The molecule has 0 unspecified atom stereocenters. The molecule has 230 valence electrons. The zero-order valence-electron chi connectivity index (χ0n) is 27.5. The number of hydrogen-bond donors (Lipinski definition) is 0. The van der Waals surface area contributed by atoms with Gasteiger partial charge in [0, 0.05) is 29.4 Å². The van der Waals surface area contributed by atoms with Gasteiger partial charge in [0.1, 0.15) is 12.4 Å². The molecule has 2 heteroatoms. The third-order valence-electron chi connectivity index (χ3n) is 9.49. The highest BCUT2D eigenvalue weighted by Crippen LogP contribution is 2.41. The fourth-order valence-corrected chi connectivity index (χ4v) is 6.66. The van der Waals surface area contributed by atoms with Gasteiger partial charge in [-0.15, -0.1) is 0 Å². The molecule has 0 saturated heterocycles. The number of anilines is 1. The molecule has 0 bridgehead atoms. The van der Waals surface area contributed by atoms with Crippen molar-refractivity contribution in [2.24, 2.45) is 0 Å². The molecule has 0 spiro atoms. The van der Waals surface area contributed by atoms with E-state index in [9.17, 15) is 0 Å². The summed E-state index contributed by atoms with van der Waals surface area (Å²) in [6, 6.07) is 45.5. The SMILES string of the molecule is C=C(/C=C\C(=C(/C)c1ccc(C)c(-c2ccccc2C)c1)c1ccc2c(c1)-c1ccccc1CO2)N(C)c1cccc2ccccc12. The number of aryl methyl sites for hydroxylation is 2. The normalized spacial score (nSPS) is 12.7. The second-order valence-corrected chi connectivity index (χ2v) is 12.4. The first kappa shape index (κ1) is 30.1. The quantitative estimate of drug-likeness (QED) is 0.132. The molecule has 0 aliphatic carbocycles. The summed E-state index contributed by atoms with van der Waals surface area (Å²) < 4.78 is 6.18. The second kappa shape index (κ2) is 12.7. The summed E-state index contributed by atoms with van der Waals surface area (Å²) in [6.07, 6.45) is 4.37. The Labute approximate surface area is 278 Å². The fourth-order valence-electron chi connectivity index (χ4n) is 6.66. The van der Waals surface area contributed by atoms with Crippen LogP contribution in [0.15, 0.2) is 152 Å². The monoisotopic (exact) mass is 609 g/mol. The van der Waals surface area contributed by atoms with Crippen LogP contribution in [0, 0.1) is 13.8 Å². The molecule has 1 aliphatic heterocycles. The lowest BCUT2D eigenvalue weighted by atomic mass is 9.88. The topological polar surface area (TPSA) is 12.5 Å². The van der Waals surface area contributed by atoms with Gasteiger partial charge >= 0.3 is 0 Å². The first-order chi connectivity index (χ1) is 22.9. The van der Waals surface area contributed by atoms with Gasteiger partial charge in [0.25, 0.3) is 0 Å². The van der Waals surface area contributed by atoms with Crippen LogP contribution in [0.5, 0.6) is 5.75 Å². The summed E-state index contributed by atoms with van der Waals surface area (Å²) in [5, 5.41) is 2.42. The third-order valence-corrected chi connectivity index (χ3v) is 9.49. The van der Waals surface area contributed by atoms with Crippen molar-refractivity contribution in [2.45, 2.75) is 27.4 Å². The van der Waals surface area contributed by atoms with Gasteiger partial charge in [-0.3, -0.25) is 0 Å². The molecule has 7 rings (SSSR count). The molecule has 0 radical (unpaired) electrons. The lowest BCUT2D eigenvalue weighted by Crippen LogP contribution is -2.14. The van der Waals surface area contributed by atoms with E-state index < -0.39 is 0 Å². The van der Waals surface area contributed by atoms with Gasteiger partial charge in [-0.05, 0) is 112 Å². The Hall–Kier alpha value is -5.60. The standard InChI is InChI=1S/C45H39NO/c1-30-13-6-9-17-38(30)42-27-35(23-21-31(42)2)33(4)39(36-24-26-45-43(28-36)40-18-10-8-15-37(40)29-47-45)25-22-32(3)46(5)44-20-12-16-34-14-7-11-19-41(34)44/h6-28H,3,29H2,1-2,4-5H3/b25-22-,39-33-. The number of ether oxygens (including phenoxy) is 1. The van der Waals surface area contributed by atoms with Crippen LogP contribution in [0.4, 0.5) is 5.69 Å². The maximum Gasteiger partial charge on any atom is 0.127 e. The van der Waals surface area contributed by atoms with Crippen molar-refractivity contribution in [1.82, 2.24) is 0 Å². The van der Waals surface area contributed by atoms with E-state index in [2.05, 4.69) is 179 Å². The van der Waals surface area contributed by atoms with Crippen LogP contribution < -0.4 is 9.64 Å². The molecular weight excluding hydrogens is 571 g/mol. The number of benzene rings is 6. The highest BCUT2D eigenvalue weighted by molar-refractivity contribution is 5.98. The fraction of sp³-hybridized carbons (Fsp3) is 0.111. The zero-order chi connectivity index (χ0) is 32.5. The molecular formula is C45H39NO. The molecule has 1 heterocycles. The van der Waals surface area contributed by atoms with Crippen LogP contribution in [-0.2, 0) is 6.61 Å². The number of likely N-dealkylation sites (N-methyl/N-ethyl adjacent to an activating group) is 1. The number of allylic oxidation sites excluding steroid dienone is 4. The van der Waals surface area contributed by atoms with Crippen molar-refractivity contribution in [3.8, 4) is 28.0 Å². The maximum absolute atomic E-state index is 6.18. The van der Waals surface area contributed by atoms with Gasteiger partial charge in [0.05, 0.1) is 0 Å². The van der Waals surface area contributed by atoms with Crippen LogP contribution in [-0.4, -0.2) is 7.05 Å². The molecule has 0 aromatic heterocycles. The smallest absolute Gasteiger partial charge is 0.127 e. The molecule has 0 fully saturated rings. The third kappa shape index (κ3) is 5.79. The molecule has 47 heavy (non-hydrogen) atoms. The maximum atomic E-state index is 6.18. The van der Waals surface area contributed by atoms with E-state index in [-0.39, 0.29) is 0 Å². The minimum Gasteiger partial charge on any atom is -0.488 e. The first-order valence-corrected chi connectivity index (χ1v) is 16.2. The summed E-state index contributed by atoms with van der Waals surface area (Å²) in [4.78, 5) is 2.17. The Morgan fingerprint density at radius 3 is 2.19 bits per heavy atom. The Kier molecular flexibility index (Phi) is 8.10. The van der Waals surface area contributed by atoms with Crippen LogP contribution in [0.2, 0.25) is 0 Å². The summed E-state index contributed by atoms with van der Waals surface area (Å²) in [6.45, 7) is 11.7. The first-order valence-electron chi connectivity index (χ1n) is 16.2. The minimum absolute atomic E-state index is 0.593. The Bertz CT molecular complexity index is 2210. The van der Waals surface area contributed by atoms with Crippen molar-refractivity contribution in [3.05, 3.63) is 180 Å². The van der Waals surface area contributed by atoms with Gasteiger partial charge in [0.2, 0.25) is 0 Å². The van der Waals surface area contributed by atoms with Crippen LogP contribution in [0.25, 0.3) is 44.2 Å². The largest absolute Gasteiger partial charge is 0.488 e. The summed E-state index contributed by atoms with van der Waals surface area (Å²) in [5.74, 6) is 0.922. The molecule has 0 atom stereocenters. The molecule has 1 aliphatic rings. The second-order valence-electron chi connectivity index (χ2n) is 12.4. The molecule has 6 aromatic rings.